The minimum atomic E-state index is -0.594. The summed E-state index contributed by atoms with van der Waals surface area (Å²) in [6.07, 6.45) is 1.95. The quantitative estimate of drug-likeness (QED) is 0.565. The lowest BCUT2D eigenvalue weighted by molar-refractivity contribution is -0.166. The summed E-state index contributed by atoms with van der Waals surface area (Å²) in [6.45, 7) is 2.69. The zero-order chi connectivity index (χ0) is 7.19. The largest absolute Gasteiger partial charge is 0.481 e. The second-order valence-corrected chi connectivity index (χ2v) is 3.40. The fraction of sp³-hybridized carbons (Fsp3) is 0.857. The summed E-state index contributed by atoms with van der Waals surface area (Å²) >= 11 is 0. The number of hydrogen-bond acceptors (Lipinski definition) is 2. The van der Waals surface area contributed by atoms with Crippen molar-refractivity contribution in [2.45, 2.75) is 12.8 Å². The van der Waals surface area contributed by atoms with Crippen LogP contribution in [0.3, 0.4) is 0 Å². The molecule has 2 bridgehead atoms. The van der Waals surface area contributed by atoms with Crippen molar-refractivity contribution in [3.05, 3.63) is 0 Å². The molecule has 3 saturated heterocycles. The highest BCUT2D eigenvalue weighted by Crippen LogP contribution is 2.39. The maximum Gasteiger partial charge on any atom is 0.312 e. The van der Waals surface area contributed by atoms with Crippen LogP contribution in [0.15, 0.2) is 0 Å². The van der Waals surface area contributed by atoms with Crippen molar-refractivity contribution in [2.24, 2.45) is 5.41 Å². The van der Waals surface area contributed by atoms with Gasteiger partial charge < -0.3 is 10.0 Å². The second kappa shape index (κ2) is 1.72. The Morgan fingerprint density at radius 1 is 1.50 bits per heavy atom. The van der Waals surface area contributed by atoms with Crippen molar-refractivity contribution in [1.29, 1.82) is 0 Å². The van der Waals surface area contributed by atoms with Crippen molar-refractivity contribution in [2.75, 3.05) is 19.6 Å². The van der Waals surface area contributed by atoms with E-state index in [9.17, 15) is 4.79 Å². The average Bonchev–Trinajstić information content (AvgIpc) is 1.87. The molecule has 0 unspecified atom stereocenters. The number of carbonyl (C=O) groups is 1. The van der Waals surface area contributed by atoms with Crippen LogP contribution in [-0.2, 0) is 4.79 Å². The Labute approximate surface area is 59.6 Å². The minimum Gasteiger partial charge on any atom is -0.481 e. The number of piperidine rings is 2. The lowest BCUT2D eigenvalue weighted by Gasteiger charge is -2.51. The predicted octanol–water partition coefficient (Wildman–Crippen LogP) is 0.167. The van der Waals surface area contributed by atoms with Crippen molar-refractivity contribution >= 4 is 5.97 Å². The van der Waals surface area contributed by atoms with Crippen LogP contribution >= 0.6 is 0 Å². The number of hydrogen-bond donors (Lipinski definition) is 1. The van der Waals surface area contributed by atoms with E-state index in [1.165, 1.54) is 0 Å². The van der Waals surface area contributed by atoms with Crippen molar-refractivity contribution in [3.63, 3.8) is 0 Å². The fourth-order valence-corrected chi connectivity index (χ4v) is 2.01. The van der Waals surface area contributed by atoms with Gasteiger partial charge >= 0.3 is 5.97 Å². The molecule has 0 aromatic heterocycles. The first-order valence-corrected chi connectivity index (χ1v) is 3.69. The van der Waals surface area contributed by atoms with Gasteiger partial charge in [0.2, 0.25) is 0 Å². The molecule has 3 nitrogen and oxygen atoms in total. The molecule has 56 valence electrons. The third kappa shape index (κ3) is 0.611. The van der Waals surface area contributed by atoms with Gasteiger partial charge in [0.25, 0.3) is 0 Å². The van der Waals surface area contributed by atoms with E-state index in [4.69, 9.17) is 5.11 Å². The van der Waals surface area contributed by atoms with Gasteiger partial charge in [-0.3, -0.25) is 4.79 Å². The predicted molar refractivity (Wildman–Crippen MR) is 35.7 cm³/mol. The van der Waals surface area contributed by atoms with Gasteiger partial charge in [-0.25, -0.2) is 0 Å². The first kappa shape index (κ1) is 6.16. The van der Waals surface area contributed by atoms with Gasteiger partial charge in [-0.1, -0.05) is 0 Å². The number of rotatable bonds is 1. The molecule has 10 heavy (non-hydrogen) atoms. The van der Waals surface area contributed by atoms with Gasteiger partial charge in [-0.15, -0.1) is 0 Å². The molecular formula is C7H11NO2. The Kier molecular flexibility index (Phi) is 1.06. The van der Waals surface area contributed by atoms with Crippen molar-refractivity contribution in [3.8, 4) is 0 Å². The standard InChI is InChI=1S/C7H11NO2/c9-6(10)7-2-1-3-8(4-7)5-7/h1-5H2,(H,9,10). The van der Waals surface area contributed by atoms with Gasteiger partial charge in [0.15, 0.2) is 0 Å². The summed E-state index contributed by atoms with van der Waals surface area (Å²) in [5.74, 6) is -0.594. The second-order valence-electron chi connectivity index (χ2n) is 3.40. The lowest BCUT2D eigenvalue weighted by atomic mass is 9.72. The lowest BCUT2D eigenvalue weighted by Crippen LogP contribution is -2.63. The monoisotopic (exact) mass is 141 g/mol. The molecule has 1 N–H and O–H groups in total. The SMILES string of the molecule is O=C(O)C12CCCN(C1)C2. The molecule has 3 aliphatic heterocycles. The van der Waals surface area contributed by atoms with E-state index in [1.807, 2.05) is 0 Å². The van der Waals surface area contributed by atoms with Crippen LogP contribution in [0.4, 0.5) is 0 Å². The van der Waals surface area contributed by atoms with Crippen molar-refractivity contribution in [1.82, 2.24) is 4.90 Å². The van der Waals surface area contributed by atoms with E-state index < -0.39 is 5.97 Å². The summed E-state index contributed by atoms with van der Waals surface area (Å²) in [7, 11) is 0. The molecule has 3 rings (SSSR count). The number of carboxylic acids is 1. The molecule has 3 fully saturated rings. The first-order chi connectivity index (χ1) is 4.73. The van der Waals surface area contributed by atoms with Gasteiger partial charge in [0.1, 0.15) is 0 Å². The van der Waals surface area contributed by atoms with Gasteiger partial charge in [0, 0.05) is 13.1 Å². The van der Waals surface area contributed by atoms with Crippen LogP contribution in [0.25, 0.3) is 0 Å². The van der Waals surface area contributed by atoms with Crippen LogP contribution in [0.5, 0.6) is 0 Å². The molecule has 3 heteroatoms. The number of nitrogens with zero attached hydrogens (tertiary/aromatic N) is 1. The highest BCUT2D eigenvalue weighted by atomic mass is 16.4. The third-order valence-corrected chi connectivity index (χ3v) is 2.64. The van der Waals surface area contributed by atoms with Crippen LogP contribution < -0.4 is 0 Å². The molecular weight excluding hydrogens is 130 g/mol. The molecule has 0 saturated carbocycles. The number of carboxylic acid groups (broad SMARTS) is 1. The van der Waals surface area contributed by atoms with E-state index in [2.05, 4.69) is 4.90 Å². The van der Waals surface area contributed by atoms with Crippen molar-refractivity contribution < 1.29 is 9.90 Å². The van der Waals surface area contributed by atoms with E-state index in [1.54, 1.807) is 0 Å². The average molecular weight is 141 g/mol. The molecule has 0 spiro atoms. The maximum atomic E-state index is 10.7. The van der Waals surface area contributed by atoms with Gasteiger partial charge in [-0.2, -0.15) is 0 Å². The molecule has 0 atom stereocenters. The first-order valence-electron chi connectivity index (χ1n) is 3.69. The molecule has 3 heterocycles. The van der Waals surface area contributed by atoms with Gasteiger partial charge in [-0.05, 0) is 19.4 Å². The Morgan fingerprint density at radius 3 is 2.50 bits per heavy atom. The maximum absolute atomic E-state index is 10.7. The van der Waals surface area contributed by atoms with E-state index in [0.717, 1.165) is 32.5 Å². The Balaban J connectivity index is 2.12. The topological polar surface area (TPSA) is 40.5 Å². The Bertz CT molecular complexity index is 167. The molecule has 0 aromatic carbocycles. The van der Waals surface area contributed by atoms with E-state index in [-0.39, 0.29) is 5.41 Å². The third-order valence-electron chi connectivity index (χ3n) is 2.64. The molecule has 3 aliphatic rings. The molecule has 0 amide bonds. The molecule has 0 radical (unpaired) electrons. The van der Waals surface area contributed by atoms with Crippen LogP contribution in [0, 0.1) is 5.41 Å². The summed E-state index contributed by atoms with van der Waals surface area (Å²) < 4.78 is 0. The summed E-state index contributed by atoms with van der Waals surface area (Å²) in [5, 5.41) is 8.81. The fourth-order valence-electron chi connectivity index (χ4n) is 2.01. The van der Waals surface area contributed by atoms with E-state index in [0.29, 0.717) is 0 Å². The molecule has 0 aliphatic carbocycles. The van der Waals surface area contributed by atoms with Gasteiger partial charge in [0.05, 0.1) is 5.41 Å². The normalized spacial score (nSPS) is 44.2. The van der Waals surface area contributed by atoms with E-state index >= 15 is 0 Å². The minimum absolute atomic E-state index is 0.335. The molecule has 0 aromatic rings. The smallest absolute Gasteiger partial charge is 0.312 e. The number of aliphatic carboxylic acids is 1. The Hall–Kier alpha value is -0.570. The number of fused-ring (bicyclic) bond motifs is 2. The zero-order valence-electron chi connectivity index (χ0n) is 5.84. The van der Waals surface area contributed by atoms with Crippen LogP contribution in [0.2, 0.25) is 0 Å². The zero-order valence-corrected chi connectivity index (χ0v) is 5.84. The van der Waals surface area contributed by atoms with Crippen LogP contribution in [0.1, 0.15) is 12.8 Å². The summed E-state index contributed by atoms with van der Waals surface area (Å²) in [5.41, 5.74) is -0.335. The summed E-state index contributed by atoms with van der Waals surface area (Å²) in [4.78, 5) is 12.9. The highest BCUT2D eigenvalue weighted by Gasteiger charge is 2.51. The van der Waals surface area contributed by atoms with Crippen LogP contribution in [-0.4, -0.2) is 35.6 Å². The Morgan fingerprint density at radius 2 is 2.20 bits per heavy atom. The summed E-state index contributed by atoms with van der Waals surface area (Å²) in [6, 6.07) is 0. The highest BCUT2D eigenvalue weighted by molar-refractivity contribution is 5.76.